The summed E-state index contributed by atoms with van der Waals surface area (Å²) >= 11 is 0. The van der Waals surface area contributed by atoms with Gasteiger partial charge in [0.2, 0.25) is 11.7 Å². The van der Waals surface area contributed by atoms with Gasteiger partial charge in [-0.15, -0.1) is 10.2 Å². The second-order valence-corrected chi connectivity index (χ2v) is 6.40. The van der Waals surface area contributed by atoms with Crippen molar-refractivity contribution in [2.24, 2.45) is 0 Å². The summed E-state index contributed by atoms with van der Waals surface area (Å²) in [5.41, 5.74) is 0.850. The predicted molar refractivity (Wildman–Crippen MR) is 94.1 cm³/mol. The van der Waals surface area contributed by atoms with Crippen LogP contribution >= 0.6 is 0 Å². The fourth-order valence-corrected chi connectivity index (χ4v) is 3.20. The molecule has 0 aliphatic heterocycles. The first-order chi connectivity index (χ1) is 12.2. The third kappa shape index (κ3) is 4.35. The van der Waals surface area contributed by atoms with Crippen LogP contribution in [0, 0.1) is 0 Å². The first kappa shape index (κ1) is 17.4. The van der Waals surface area contributed by atoms with Crippen molar-refractivity contribution in [3.8, 4) is 17.1 Å². The Morgan fingerprint density at radius 2 is 1.96 bits per heavy atom. The highest BCUT2D eigenvalue weighted by Crippen LogP contribution is 2.22. The van der Waals surface area contributed by atoms with Gasteiger partial charge < -0.3 is 9.64 Å². The molecule has 7 nitrogen and oxygen atoms in total. The minimum Gasteiger partial charge on any atom is -0.494 e. The van der Waals surface area contributed by atoms with Gasteiger partial charge in [0.05, 0.1) is 6.61 Å². The first-order valence-corrected chi connectivity index (χ1v) is 8.94. The van der Waals surface area contributed by atoms with Gasteiger partial charge in [-0.3, -0.25) is 4.79 Å². The lowest BCUT2D eigenvalue weighted by Gasteiger charge is -2.31. The third-order valence-electron chi connectivity index (χ3n) is 4.67. The van der Waals surface area contributed by atoms with Crippen LogP contribution in [0.4, 0.5) is 0 Å². The number of hydrogen-bond donors (Lipinski definition) is 0. The number of carbonyl (C=O) groups is 1. The van der Waals surface area contributed by atoms with Crippen LogP contribution in [0.15, 0.2) is 24.3 Å². The average molecular weight is 343 g/mol. The van der Waals surface area contributed by atoms with E-state index < -0.39 is 0 Å². The van der Waals surface area contributed by atoms with Crippen LogP contribution in [0.2, 0.25) is 0 Å². The lowest BCUT2D eigenvalue weighted by atomic mass is 9.94. The van der Waals surface area contributed by atoms with Gasteiger partial charge in [-0.05, 0) is 49.2 Å². The van der Waals surface area contributed by atoms with E-state index in [9.17, 15) is 4.79 Å². The molecule has 134 valence electrons. The summed E-state index contributed by atoms with van der Waals surface area (Å²) in [5.74, 6) is 1.35. The van der Waals surface area contributed by atoms with Gasteiger partial charge in [-0.2, -0.15) is 4.80 Å². The molecule has 0 atom stereocenters. The Hall–Kier alpha value is -2.44. The summed E-state index contributed by atoms with van der Waals surface area (Å²) in [6, 6.07) is 7.88. The number of carbonyl (C=O) groups excluding carboxylic acids is 1. The number of benzene rings is 1. The van der Waals surface area contributed by atoms with Crippen molar-refractivity contribution in [2.45, 2.75) is 51.6 Å². The van der Waals surface area contributed by atoms with Gasteiger partial charge in [0.1, 0.15) is 12.3 Å². The van der Waals surface area contributed by atoms with Crippen molar-refractivity contribution in [1.82, 2.24) is 25.1 Å². The Morgan fingerprint density at radius 1 is 1.24 bits per heavy atom. The molecule has 0 radical (unpaired) electrons. The number of rotatable bonds is 6. The van der Waals surface area contributed by atoms with Gasteiger partial charge in [-0.25, -0.2) is 0 Å². The van der Waals surface area contributed by atoms with Crippen molar-refractivity contribution in [2.75, 3.05) is 13.7 Å². The number of likely N-dealkylation sites (N-methyl/N-ethyl adjacent to an activating group) is 1. The zero-order chi connectivity index (χ0) is 17.6. The largest absolute Gasteiger partial charge is 0.494 e. The minimum absolute atomic E-state index is 0.0301. The Bertz CT molecular complexity index is 692. The molecule has 1 heterocycles. The molecule has 1 aromatic heterocycles. The van der Waals surface area contributed by atoms with Gasteiger partial charge in [0.15, 0.2) is 0 Å². The number of ether oxygens (including phenoxy) is 1. The Labute approximate surface area is 148 Å². The summed E-state index contributed by atoms with van der Waals surface area (Å²) in [7, 11) is 1.88. The van der Waals surface area contributed by atoms with Crippen LogP contribution in [0.5, 0.6) is 5.75 Å². The number of tetrazole rings is 1. The molecule has 1 aliphatic rings. The molecule has 25 heavy (non-hydrogen) atoms. The summed E-state index contributed by atoms with van der Waals surface area (Å²) in [4.78, 5) is 15.7. The molecule has 2 aromatic rings. The summed E-state index contributed by atoms with van der Waals surface area (Å²) in [6.45, 7) is 2.70. The Balaban J connectivity index is 1.61. The molecule has 1 aromatic carbocycles. The van der Waals surface area contributed by atoms with Crippen molar-refractivity contribution in [1.29, 1.82) is 0 Å². The highest BCUT2D eigenvalue weighted by atomic mass is 16.5. The van der Waals surface area contributed by atoms with E-state index in [0.717, 1.165) is 24.2 Å². The monoisotopic (exact) mass is 343 g/mol. The van der Waals surface area contributed by atoms with Gasteiger partial charge in [0, 0.05) is 18.7 Å². The zero-order valence-electron chi connectivity index (χ0n) is 14.9. The molecule has 3 rings (SSSR count). The highest BCUT2D eigenvalue weighted by Gasteiger charge is 2.22. The molecule has 1 amide bonds. The zero-order valence-corrected chi connectivity index (χ0v) is 14.9. The lowest BCUT2D eigenvalue weighted by Crippen LogP contribution is -2.40. The van der Waals surface area contributed by atoms with E-state index in [4.69, 9.17) is 4.74 Å². The topological polar surface area (TPSA) is 73.1 Å². The molecule has 0 N–H and O–H groups in total. The number of aromatic nitrogens is 4. The van der Waals surface area contributed by atoms with E-state index in [1.54, 1.807) is 0 Å². The minimum atomic E-state index is 0.0301. The second kappa shape index (κ2) is 8.09. The van der Waals surface area contributed by atoms with Crippen molar-refractivity contribution in [3.05, 3.63) is 24.3 Å². The van der Waals surface area contributed by atoms with Crippen LogP contribution in [-0.2, 0) is 11.3 Å². The van der Waals surface area contributed by atoms with Crippen molar-refractivity contribution in [3.63, 3.8) is 0 Å². The SMILES string of the molecule is CCOc1ccc(-c2nnn(CC(=O)N(C)C3CCCCC3)n2)cc1. The number of amides is 1. The molecule has 7 heteroatoms. The standard InChI is InChI=1S/C18H25N5O2/c1-3-25-16-11-9-14(10-12-16)18-19-21-23(20-18)13-17(24)22(2)15-7-5-4-6-8-15/h9-12,15H,3-8,13H2,1-2H3. The first-order valence-electron chi connectivity index (χ1n) is 8.94. The molecule has 0 bridgehead atoms. The maximum Gasteiger partial charge on any atom is 0.246 e. The maximum absolute atomic E-state index is 12.5. The predicted octanol–water partition coefficient (Wildman–Crippen LogP) is 2.53. The maximum atomic E-state index is 12.5. The van der Waals surface area contributed by atoms with Crippen LogP contribution in [0.3, 0.4) is 0 Å². The lowest BCUT2D eigenvalue weighted by molar-refractivity contribution is -0.133. The average Bonchev–Trinajstić information content (AvgIpc) is 3.11. The van der Waals surface area contributed by atoms with Crippen LogP contribution in [0.1, 0.15) is 39.0 Å². The Morgan fingerprint density at radius 3 is 2.64 bits per heavy atom. The molecular weight excluding hydrogens is 318 g/mol. The van der Waals surface area contributed by atoms with E-state index in [0.29, 0.717) is 18.5 Å². The smallest absolute Gasteiger partial charge is 0.246 e. The molecule has 0 unspecified atom stereocenters. The van der Waals surface area contributed by atoms with Crippen molar-refractivity contribution < 1.29 is 9.53 Å². The van der Waals surface area contributed by atoms with E-state index in [-0.39, 0.29) is 12.5 Å². The van der Waals surface area contributed by atoms with Gasteiger partial charge >= 0.3 is 0 Å². The molecule has 1 fully saturated rings. The summed E-state index contributed by atoms with van der Waals surface area (Å²) in [5, 5.41) is 12.4. The van der Waals surface area contributed by atoms with E-state index in [1.807, 2.05) is 43.1 Å². The van der Waals surface area contributed by atoms with E-state index in [2.05, 4.69) is 15.4 Å². The van der Waals surface area contributed by atoms with E-state index in [1.165, 1.54) is 24.1 Å². The van der Waals surface area contributed by atoms with Crippen LogP contribution in [0.25, 0.3) is 11.4 Å². The van der Waals surface area contributed by atoms with Gasteiger partial charge in [-0.1, -0.05) is 19.3 Å². The van der Waals surface area contributed by atoms with Crippen LogP contribution < -0.4 is 4.74 Å². The number of hydrogen-bond acceptors (Lipinski definition) is 5. The van der Waals surface area contributed by atoms with Crippen molar-refractivity contribution >= 4 is 5.91 Å². The molecule has 0 spiro atoms. The molecule has 0 saturated heterocycles. The Kier molecular flexibility index (Phi) is 5.63. The normalized spacial score (nSPS) is 15.1. The highest BCUT2D eigenvalue weighted by molar-refractivity contribution is 5.75. The quantitative estimate of drug-likeness (QED) is 0.806. The molecule has 1 aliphatic carbocycles. The van der Waals surface area contributed by atoms with E-state index >= 15 is 0 Å². The molecular formula is C18H25N5O2. The van der Waals surface area contributed by atoms with Gasteiger partial charge in [0.25, 0.3) is 0 Å². The second-order valence-electron chi connectivity index (χ2n) is 6.40. The van der Waals surface area contributed by atoms with Crippen LogP contribution in [-0.4, -0.2) is 50.7 Å². The summed E-state index contributed by atoms with van der Waals surface area (Å²) < 4.78 is 5.43. The fourth-order valence-electron chi connectivity index (χ4n) is 3.20. The number of nitrogens with zero attached hydrogens (tertiary/aromatic N) is 5. The fraction of sp³-hybridized carbons (Fsp3) is 0.556. The third-order valence-corrected chi connectivity index (χ3v) is 4.67. The summed E-state index contributed by atoms with van der Waals surface area (Å²) in [6.07, 6.45) is 5.85. The molecule has 1 saturated carbocycles.